The first kappa shape index (κ1) is 20.8. The molecule has 27 heavy (non-hydrogen) atoms. The number of sulfonamides is 1. The van der Waals surface area contributed by atoms with Crippen LogP contribution in [0, 0.1) is 13.8 Å². The summed E-state index contributed by atoms with van der Waals surface area (Å²) in [5.41, 5.74) is 2.95. The van der Waals surface area contributed by atoms with Crippen LogP contribution in [-0.2, 0) is 14.8 Å². The average Bonchev–Trinajstić information content (AvgIpc) is 2.59. The highest BCUT2D eigenvalue weighted by Gasteiger charge is 2.29. The predicted octanol–water partition coefficient (Wildman–Crippen LogP) is 3.50. The van der Waals surface area contributed by atoms with Gasteiger partial charge < -0.3 is 10.1 Å². The van der Waals surface area contributed by atoms with Gasteiger partial charge in [-0.05, 0) is 63.1 Å². The fourth-order valence-electron chi connectivity index (χ4n) is 2.90. The van der Waals surface area contributed by atoms with Gasteiger partial charge in [-0.1, -0.05) is 18.2 Å². The number of carbonyl (C=O) groups excluding carboxylic acids is 1. The first-order valence-electron chi connectivity index (χ1n) is 8.74. The van der Waals surface area contributed by atoms with Crippen LogP contribution in [0.5, 0.6) is 5.75 Å². The normalized spacial score (nSPS) is 12.3. The molecule has 0 aliphatic carbocycles. The van der Waals surface area contributed by atoms with Gasteiger partial charge in [-0.3, -0.25) is 9.10 Å². The SMILES string of the molecule is CCOc1ccc(N([C@@H](C)C(=O)Nc2c(C)cccc2C)S(C)(=O)=O)cc1. The van der Waals surface area contributed by atoms with E-state index in [4.69, 9.17) is 4.74 Å². The molecule has 1 N–H and O–H groups in total. The number of carbonyl (C=O) groups is 1. The van der Waals surface area contributed by atoms with Crippen LogP contribution in [0.3, 0.4) is 0 Å². The molecule has 2 rings (SSSR count). The molecule has 0 unspecified atom stereocenters. The van der Waals surface area contributed by atoms with Crippen LogP contribution in [0.2, 0.25) is 0 Å². The summed E-state index contributed by atoms with van der Waals surface area (Å²) in [7, 11) is -3.67. The van der Waals surface area contributed by atoms with Gasteiger partial charge in [0.2, 0.25) is 15.9 Å². The van der Waals surface area contributed by atoms with Gasteiger partial charge in [0.15, 0.2) is 0 Å². The van der Waals surface area contributed by atoms with Gasteiger partial charge in [-0.2, -0.15) is 0 Å². The highest BCUT2D eigenvalue weighted by Crippen LogP contribution is 2.25. The molecule has 6 nitrogen and oxygen atoms in total. The maximum Gasteiger partial charge on any atom is 0.248 e. The number of rotatable bonds is 7. The highest BCUT2D eigenvalue weighted by molar-refractivity contribution is 7.92. The molecule has 146 valence electrons. The van der Waals surface area contributed by atoms with E-state index in [1.165, 1.54) is 0 Å². The summed E-state index contributed by atoms with van der Waals surface area (Å²) in [5, 5.41) is 2.86. The van der Waals surface area contributed by atoms with Gasteiger partial charge in [-0.25, -0.2) is 8.42 Å². The van der Waals surface area contributed by atoms with Crippen LogP contribution in [0.4, 0.5) is 11.4 Å². The Kier molecular flexibility index (Phi) is 6.49. The molecule has 0 heterocycles. The van der Waals surface area contributed by atoms with Crippen LogP contribution < -0.4 is 14.4 Å². The zero-order valence-electron chi connectivity index (χ0n) is 16.3. The molecule has 0 aliphatic rings. The smallest absolute Gasteiger partial charge is 0.248 e. The molecule has 0 radical (unpaired) electrons. The average molecular weight is 391 g/mol. The van der Waals surface area contributed by atoms with Crippen LogP contribution >= 0.6 is 0 Å². The first-order valence-corrected chi connectivity index (χ1v) is 10.6. The molecule has 0 fully saturated rings. The topological polar surface area (TPSA) is 75.7 Å². The fourth-order valence-corrected chi connectivity index (χ4v) is 4.08. The van der Waals surface area contributed by atoms with Crippen LogP contribution in [0.15, 0.2) is 42.5 Å². The number of hydrogen-bond donors (Lipinski definition) is 1. The number of benzene rings is 2. The summed E-state index contributed by atoms with van der Waals surface area (Å²) < 4.78 is 31.3. The van der Waals surface area contributed by atoms with Crippen molar-refractivity contribution in [3.05, 3.63) is 53.6 Å². The van der Waals surface area contributed by atoms with Crippen LogP contribution in [0.25, 0.3) is 0 Å². The number of nitrogens with zero attached hydrogens (tertiary/aromatic N) is 1. The maximum absolute atomic E-state index is 12.8. The lowest BCUT2D eigenvalue weighted by Crippen LogP contribution is -2.45. The van der Waals surface area contributed by atoms with Crippen molar-refractivity contribution in [3.63, 3.8) is 0 Å². The van der Waals surface area contributed by atoms with E-state index in [0.717, 1.165) is 21.7 Å². The molecule has 0 bridgehead atoms. The van der Waals surface area contributed by atoms with E-state index >= 15 is 0 Å². The minimum absolute atomic E-state index is 0.397. The van der Waals surface area contributed by atoms with Crippen molar-refractivity contribution in [1.29, 1.82) is 0 Å². The third kappa shape index (κ3) is 5.01. The maximum atomic E-state index is 12.8. The lowest BCUT2D eigenvalue weighted by molar-refractivity contribution is -0.116. The predicted molar refractivity (Wildman–Crippen MR) is 109 cm³/mol. The standard InChI is InChI=1S/C20H26N2O4S/c1-6-26-18-12-10-17(11-13-18)22(27(5,24)25)16(4)20(23)21-19-14(2)8-7-9-15(19)3/h7-13,16H,6H2,1-5H3,(H,21,23)/t16-/m0/s1. The summed E-state index contributed by atoms with van der Waals surface area (Å²) in [4.78, 5) is 12.8. The summed E-state index contributed by atoms with van der Waals surface area (Å²) in [6.07, 6.45) is 1.09. The number of hydrogen-bond acceptors (Lipinski definition) is 4. The molecule has 2 aromatic carbocycles. The zero-order valence-corrected chi connectivity index (χ0v) is 17.1. The Bertz CT molecular complexity index is 888. The molecular formula is C20H26N2O4S. The second-order valence-corrected chi connectivity index (χ2v) is 8.28. The number of nitrogens with one attached hydrogen (secondary N) is 1. The van der Waals surface area contributed by atoms with Crippen molar-refractivity contribution < 1.29 is 17.9 Å². The van der Waals surface area contributed by atoms with Crippen LogP contribution in [0.1, 0.15) is 25.0 Å². The van der Waals surface area contributed by atoms with E-state index in [1.54, 1.807) is 31.2 Å². The van der Waals surface area contributed by atoms with E-state index in [0.29, 0.717) is 23.7 Å². The largest absolute Gasteiger partial charge is 0.494 e. The van der Waals surface area contributed by atoms with Crippen molar-refractivity contribution in [2.75, 3.05) is 22.5 Å². The lowest BCUT2D eigenvalue weighted by atomic mass is 10.1. The molecule has 2 aromatic rings. The summed E-state index contributed by atoms with van der Waals surface area (Å²) in [6.45, 7) is 7.75. The minimum Gasteiger partial charge on any atom is -0.494 e. The van der Waals surface area contributed by atoms with Gasteiger partial charge >= 0.3 is 0 Å². The Labute approximate surface area is 161 Å². The minimum atomic E-state index is -3.67. The number of amides is 1. The van der Waals surface area contributed by atoms with E-state index in [1.807, 2.05) is 39.0 Å². The molecule has 0 aliphatic heterocycles. The van der Waals surface area contributed by atoms with Crippen molar-refractivity contribution >= 4 is 27.3 Å². The highest BCUT2D eigenvalue weighted by atomic mass is 32.2. The molecule has 1 atom stereocenters. The lowest BCUT2D eigenvalue weighted by Gasteiger charge is -2.28. The van der Waals surface area contributed by atoms with E-state index < -0.39 is 22.0 Å². The zero-order chi connectivity index (χ0) is 20.2. The summed E-state index contributed by atoms with van der Waals surface area (Å²) in [5.74, 6) is 0.244. The van der Waals surface area contributed by atoms with Gasteiger partial charge in [0, 0.05) is 5.69 Å². The number of anilines is 2. The summed E-state index contributed by atoms with van der Waals surface area (Å²) >= 11 is 0. The Balaban J connectivity index is 2.32. The second-order valence-electron chi connectivity index (χ2n) is 6.42. The molecule has 0 spiro atoms. The van der Waals surface area contributed by atoms with Gasteiger partial charge in [0.05, 0.1) is 18.6 Å². The van der Waals surface area contributed by atoms with Gasteiger partial charge in [0.1, 0.15) is 11.8 Å². The molecular weight excluding hydrogens is 364 g/mol. The Hall–Kier alpha value is -2.54. The molecule has 0 saturated heterocycles. The quantitative estimate of drug-likeness (QED) is 0.785. The van der Waals surface area contributed by atoms with Crippen LogP contribution in [-0.4, -0.2) is 33.2 Å². The number of aryl methyl sites for hydroxylation is 2. The number of para-hydroxylation sites is 1. The molecule has 7 heteroatoms. The third-order valence-corrected chi connectivity index (χ3v) is 5.46. The van der Waals surface area contributed by atoms with Crippen molar-refractivity contribution in [2.24, 2.45) is 0 Å². The summed E-state index contributed by atoms with van der Waals surface area (Å²) in [6, 6.07) is 11.4. The van der Waals surface area contributed by atoms with E-state index in [9.17, 15) is 13.2 Å². The fraction of sp³-hybridized carbons (Fsp3) is 0.350. The van der Waals surface area contributed by atoms with E-state index in [2.05, 4.69) is 5.32 Å². The molecule has 0 aromatic heterocycles. The monoisotopic (exact) mass is 390 g/mol. The Morgan fingerprint density at radius 2 is 1.67 bits per heavy atom. The van der Waals surface area contributed by atoms with Crippen molar-refractivity contribution in [2.45, 2.75) is 33.7 Å². The van der Waals surface area contributed by atoms with Gasteiger partial charge in [0.25, 0.3) is 0 Å². The first-order chi connectivity index (χ1) is 12.6. The second kappa shape index (κ2) is 8.43. The third-order valence-electron chi connectivity index (χ3n) is 4.22. The molecule has 1 amide bonds. The Morgan fingerprint density at radius 3 is 2.15 bits per heavy atom. The van der Waals surface area contributed by atoms with Gasteiger partial charge in [-0.15, -0.1) is 0 Å². The Morgan fingerprint density at radius 1 is 1.11 bits per heavy atom. The van der Waals surface area contributed by atoms with Crippen molar-refractivity contribution in [1.82, 2.24) is 0 Å². The number of ether oxygens (including phenoxy) is 1. The molecule has 0 saturated carbocycles. The van der Waals surface area contributed by atoms with Crippen molar-refractivity contribution in [3.8, 4) is 5.75 Å². The van der Waals surface area contributed by atoms with E-state index in [-0.39, 0.29) is 0 Å².